The maximum absolute atomic E-state index is 4.13. The topological polar surface area (TPSA) is 12.0 Å². The molecule has 0 amide bonds. The molecule has 1 aromatic rings. The maximum Gasteiger partial charge on any atom is 0.0299 e. The molecule has 0 aliphatic carbocycles. The smallest absolute Gasteiger partial charge is 0.0299 e. The zero-order valence-electron chi connectivity index (χ0n) is 6.42. The molecule has 0 aromatic carbocycles. The van der Waals surface area contributed by atoms with Crippen molar-refractivity contribution in [3.63, 3.8) is 0 Å². The minimum Gasteiger partial charge on any atom is -0.312 e. The third-order valence-electron chi connectivity index (χ3n) is 1.39. The van der Waals surface area contributed by atoms with Crippen molar-refractivity contribution >= 4 is 24.0 Å². The van der Waals surface area contributed by atoms with Crippen molar-refractivity contribution in [3.05, 3.63) is 22.4 Å². The number of hydrogen-bond donors (Lipinski definition) is 2. The van der Waals surface area contributed by atoms with Gasteiger partial charge in [0.1, 0.15) is 0 Å². The maximum atomic E-state index is 4.13. The van der Waals surface area contributed by atoms with Gasteiger partial charge in [-0.05, 0) is 30.2 Å². The van der Waals surface area contributed by atoms with Crippen LogP contribution in [0, 0.1) is 0 Å². The van der Waals surface area contributed by atoms with Gasteiger partial charge in [-0.1, -0.05) is 6.07 Å². The van der Waals surface area contributed by atoms with Crippen LogP contribution in [0.4, 0.5) is 0 Å². The predicted octanol–water partition coefficient (Wildman–Crippen LogP) is 2.16. The first-order valence-corrected chi connectivity index (χ1v) is 5.28. The van der Waals surface area contributed by atoms with Crippen molar-refractivity contribution in [3.8, 4) is 0 Å². The second-order valence-corrected chi connectivity index (χ2v) is 3.81. The summed E-state index contributed by atoms with van der Waals surface area (Å²) in [5, 5.41) is 5.46. The molecule has 0 aliphatic heterocycles. The van der Waals surface area contributed by atoms with Crippen molar-refractivity contribution in [2.45, 2.75) is 13.0 Å². The van der Waals surface area contributed by atoms with E-state index in [0.29, 0.717) is 0 Å². The molecule has 1 nitrogen and oxygen atoms in total. The Balaban J connectivity index is 2.04. The molecule has 0 spiro atoms. The molecule has 3 heteroatoms. The molecule has 0 unspecified atom stereocenters. The van der Waals surface area contributed by atoms with E-state index in [4.69, 9.17) is 0 Å². The Labute approximate surface area is 77.2 Å². The Morgan fingerprint density at radius 3 is 3.09 bits per heavy atom. The molecule has 0 saturated carbocycles. The van der Waals surface area contributed by atoms with E-state index in [2.05, 4.69) is 35.5 Å². The van der Waals surface area contributed by atoms with E-state index in [1.165, 1.54) is 4.88 Å². The van der Waals surface area contributed by atoms with Gasteiger partial charge in [0, 0.05) is 11.4 Å². The average Bonchev–Trinajstić information content (AvgIpc) is 2.50. The third kappa shape index (κ3) is 3.79. The summed E-state index contributed by atoms with van der Waals surface area (Å²) in [4.78, 5) is 1.41. The number of thiol groups is 1. The molecule has 0 fully saturated rings. The summed E-state index contributed by atoms with van der Waals surface area (Å²) >= 11 is 5.93. The van der Waals surface area contributed by atoms with Gasteiger partial charge >= 0.3 is 0 Å². The zero-order valence-corrected chi connectivity index (χ0v) is 8.13. The van der Waals surface area contributed by atoms with Crippen molar-refractivity contribution in [1.82, 2.24) is 5.32 Å². The number of hydrogen-bond acceptors (Lipinski definition) is 3. The van der Waals surface area contributed by atoms with Crippen molar-refractivity contribution < 1.29 is 0 Å². The fourth-order valence-corrected chi connectivity index (χ4v) is 1.66. The van der Waals surface area contributed by atoms with E-state index in [1.54, 1.807) is 11.3 Å². The summed E-state index contributed by atoms with van der Waals surface area (Å²) in [6.45, 7) is 2.08. The Morgan fingerprint density at radius 2 is 2.45 bits per heavy atom. The van der Waals surface area contributed by atoms with Crippen LogP contribution in [0.5, 0.6) is 0 Å². The molecule has 0 saturated heterocycles. The van der Waals surface area contributed by atoms with Gasteiger partial charge in [0.2, 0.25) is 0 Å². The van der Waals surface area contributed by atoms with E-state index < -0.39 is 0 Å². The zero-order chi connectivity index (χ0) is 7.94. The van der Waals surface area contributed by atoms with Gasteiger partial charge in [0.15, 0.2) is 0 Å². The van der Waals surface area contributed by atoms with Crippen LogP contribution in [0.3, 0.4) is 0 Å². The lowest BCUT2D eigenvalue weighted by molar-refractivity contribution is 0.686. The minimum absolute atomic E-state index is 0.970. The summed E-state index contributed by atoms with van der Waals surface area (Å²) in [6, 6.07) is 4.23. The lowest BCUT2D eigenvalue weighted by atomic mass is 10.4. The lowest BCUT2D eigenvalue weighted by Gasteiger charge is -1.99. The van der Waals surface area contributed by atoms with Gasteiger partial charge in [-0.3, -0.25) is 0 Å². The second-order valence-electron chi connectivity index (χ2n) is 2.33. The van der Waals surface area contributed by atoms with Gasteiger partial charge < -0.3 is 5.32 Å². The predicted molar refractivity (Wildman–Crippen MR) is 54.5 cm³/mol. The van der Waals surface area contributed by atoms with Crippen LogP contribution in [0.2, 0.25) is 0 Å². The summed E-state index contributed by atoms with van der Waals surface area (Å²) in [7, 11) is 0. The van der Waals surface area contributed by atoms with Gasteiger partial charge in [-0.2, -0.15) is 12.6 Å². The first-order chi connectivity index (χ1) is 5.43. The highest BCUT2D eigenvalue weighted by Crippen LogP contribution is 2.06. The normalized spacial score (nSPS) is 10.3. The van der Waals surface area contributed by atoms with Crippen LogP contribution in [0.25, 0.3) is 0 Å². The molecular weight excluding hydrogens is 174 g/mol. The number of rotatable bonds is 5. The Kier molecular flexibility index (Phi) is 4.66. The van der Waals surface area contributed by atoms with Crippen LogP contribution in [0.1, 0.15) is 11.3 Å². The molecule has 0 atom stereocenters. The standard InChI is InChI=1S/C8H13NS2/c10-5-2-4-9-7-8-3-1-6-11-8/h1,3,6,9-10H,2,4-5,7H2. The second kappa shape index (κ2) is 5.63. The minimum atomic E-state index is 0.970. The van der Waals surface area contributed by atoms with Gasteiger partial charge in [0.05, 0.1) is 0 Å². The van der Waals surface area contributed by atoms with E-state index in [0.717, 1.165) is 25.3 Å². The molecule has 11 heavy (non-hydrogen) atoms. The fourth-order valence-electron chi connectivity index (χ4n) is 0.829. The van der Waals surface area contributed by atoms with Gasteiger partial charge in [0.25, 0.3) is 0 Å². The Hall–Kier alpha value is 0.01000. The highest BCUT2D eigenvalue weighted by Gasteiger charge is 1.90. The molecule has 0 bridgehead atoms. The molecule has 1 aromatic heterocycles. The van der Waals surface area contributed by atoms with Crippen LogP contribution >= 0.6 is 24.0 Å². The first kappa shape index (κ1) is 9.10. The number of thiophene rings is 1. The quantitative estimate of drug-likeness (QED) is 0.532. The highest BCUT2D eigenvalue weighted by atomic mass is 32.1. The Morgan fingerprint density at radius 1 is 1.55 bits per heavy atom. The van der Waals surface area contributed by atoms with Gasteiger partial charge in [-0.15, -0.1) is 11.3 Å². The first-order valence-electron chi connectivity index (χ1n) is 3.77. The van der Waals surface area contributed by atoms with E-state index in [1.807, 2.05) is 0 Å². The van der Waals surface area contributed by atoms with E-state index in [-0.39, 0.29) is 0 Å². The number of nitrogens with one attached hydrogen (secondary N) is 1. The van der Waals surface area contributed by atoms with E-state index in [9.17, 15) is 0 Å². The molecule has 1 heterocycles. The molecule has 62 valence electrons. The largest absolute Gasteiger partial charge is 0.312 e. The molecule has 0 aliphatic rings. The van der Waals surface area contributed by atoms with E-state index >= 15 is 0 Å². The SMILES string of the molecule is SCCCNCc1cccs1. The van der Waals surface area contributed by atoms with Crippen LogP contribution in [-0.2, 0) is 6.54 Å². The summed E-state index contributed by atoms with van der Waals surface area (Å²) < 4.78 is 0. The summed E-state index contributed by atoms with van der Waals surface area (Å²) in [6.07, 6.45) is 1.15. The monoisotopic (exact) mass is 187 g/mol. The van der Waals surface area contributed by atoms with Crippen LogP contribution in [-0.4, -0.2) is 12.3 Å². The van der Waals surface area contributed by atoms with Gasteiger partial charge in [-0.25, -0.2) is 0 Å². The molecule has 0 radical (unpaired) electrons. The summed E-state index contributed by atoms with van der Waals surface area (Å²) in [5.41, 5.74) is 0. The van der Waals surface area contributed by atoms with Crippen molar-refractivity contribution in [2.24, 2.45) is 0 Å². The fraction of sp³-hybridized carbons (Fsp3) is 0.500. The van der Waals surface area contributed by atoms with Crippen molar-refractivity contribution in [2.75, 3.05) is 12.3 Å². The van der Waals surface area contributed by atoms with Crippen molar-refractivity contribution in [1.29, 1.82) is 0 Å². The van der Waals surface area contributed by atoms with Crippen LogP contribution < -0.4 is 5.32 Å². The molecule has 1 rings (SSSR count). The third-order valence-corrected chi connectivity index (χ3v) is 2.58. The Bertz CT molecular complexity index is 172. The molecule has 1 N–H and O–H groups in total. The average molecular weight is 187 g/mol. The van der Waals surface area contributed by atoms with Crippen LogP contribution in [0.15, 0.2) is 17.5 Å². The highest BCUT2D eigenvalue weighted by molar-refractivity contribution is 7.80. The summed E-state index contributed by atoms with van der Waals surface area (Å²) in [5.74, 6) is 0.970. The molecular formula is C8H13NS2. The lowest BCUT2D eigenvalue weighted by Crippen LogP contribution is -2.13.